The molecule has 0 aliphatic carbocycles. The number of hydrogen-bond donors (Lipinski definition) is 0. The van der Waals surface area contributed by atoms with Crippen LogP contribution in [0.4, 0.5) is 0 Å². The molecule has 0 aromatic heterocycles. The Hall–Kier alpha value is -1.45. The number of amides is 2. The molecule has 74 valence electrons. The zero-order valence-corrected chi connectivity index (χ0v) is 8.79. The molecule has 14 heavy (non-hydrogen) atoms. The van der Waals surface area contributed by atoms with Gasteiger partial charge in [-0.1, -0.05) is 4.68 Å². The number of fused-ring (bicyclic) bond motifs is 1. The molecule has 2 aliphatic rings. The van der Waals surface area contributed by atoms with Crippen molar-refractivity contribution in [1.82, 2.24) is 5.01 Å². The van der Waals surface area contributed by atoms with Crippen molar-refractivity contribution in [1.29, 1.82) is 0 Å². The lowest BCUT2D eigenvalue weighted by atomic mass is 10.1. The summed E-state index contributed by atoms with van der Waals surface area (Å²) in [5.74, 6) is -0.484. The Morgan fingerprint density at radius 1 is 1.21 bits per heavy atom. The molecule has 4 heteroatoms. The molecule has 1 atom stereocenters. The van der Waals surface area contributed by atoms with Crippen LogP contribution in [0.5, 0.6) is 0 Å². The van der Waals surface area contributed by atoms with Gasteiger partial charge in [0.15, 0.2) is 5.71 Å². The van der Waals surface area contributed by atoms with E-state index < -0.39 is 0 Å². The van der Waals surface area contributed by atoms with E-state index >= 15 is 0 Å². The first kappa shape index (κ1) is 9.12. The van der Waals surface area contributed by atoms with Crippen molar-refractivity contribution in [2.75, 3.05) is 0 Å². The van der Waals surface area contributed by atoms with Gasteiger partial charge in [0.2, 0.25) is 5.70 Å². The van der Waals surface area contributed by atoms with Crippen LogP contribution in [0.25, 0.3) is 0 Å². The second-order valence-electron chi connectivity index (χ2n) is 3.84. The Morgan fingerprint density at radius 3 is 2.29 bits per heavy atom. The fraction of sp³-hybridized carbons (Fsp3) is 0.500. The SMILES string of the molecule is CC1=C(C)[N+]2=C(C)C(C)C(=O)N2C1=O. The van der Waals surface area contributed by atoms with E-state index in [4.69, 9.17) is 0 Å². The summed E-state index contributed by atoms with van der Waals surface area (Å²) in [5.41, 5.74) is 2.45. The van der Waals surface area contributed by atoms with Crippen LogP contribution in [0.1, 0.15) is 27.7 Å². The third kappa shape index (κ3) is 0.806. The van der Waals surface area contributed by atoms with Crippen molar-refractivity contribution < 1.29 is 14.3 Å². The topological polar surface area (TPSA) is 40.4 Å². The lowest BCUT2D eigenvalue weighted by molar-refractivity contribution is -0.596. The molecule has 0 N–H and O–H groups in total. The van der Waals surface area contributed by atoms with Gasteiger partial charge in [0.25, 0.3) is 0 Å². The summed E-state index contributed by atoms with van der Waals surface area (Å²) in [6.07, 6.45) is 0. The molecule has 4 nitrogen and oxygen atoms in total. The van der Waals surface area contributed by atoms with Crippen molar-refractivity contribution in [2.45, 2.75) is 27.7 Å². The Labute approximate surface area is 82.5 Å². The van der Waals surface area contributed by atoms with Crippen LogP contribution < -0.4 is 0 Å². The van der Waals surface area contributed by atoms with Crippen molar-refractivity contribution in [2.24, 2.45) is 5.92 Å². The predicted molar refractivity (Wildman–Crippen MR) is 50.3 cm³/mol. The van der Waals surface area contributed by atoms with E-state index in [1.807, 2.05) is 20.8 Å². The van der Waals surface area contributed by atoms with Crippen LogP contribution in [-0.2, 0) is 9.59 Å². The van der Waals surface area contributed by atoms with E-state index in [0.29, 0.717) is 5.57 Å². The minimum Gasteiger partial charge on any atom is -0.267 e. The van der Waals surface area contributed by atoms with E-state index in [1.54, 1.807) is 11.6 Å². The minimum atomic E-state index is -0.184. The molecule has 0 spiro atoms. The van der Waals surface area contributed by atoms with Gasteiger partial charge < -0.3 is 0 Å². The number of nitrogens with zero attached hydrogens (tertiary/aromatic N) is 2. The normalized spacial score (nSPS) is 26.9. The van der Waals surface area contributed by atoms with Gasteiger partial charge >= 0.3 is 11.8 Å². The van der Waals surface area contributed by atoms with E-state index in [0.717, 1.165) is 11.4 Å². The minimum absolute atomic E-state index is 0.122. The lowest BCUT2D eigenvalue weighted by Gasteiger charge is -2.01. The molecule has 2 aliphatic heterocycles. The van der Waals surface area contributed by atoms with Crippen LogP contribution >= 0.6 is 0 Å². The molecule has 0 radical (unpaired) electrons. The maximum atomic E-state index is 11.7. The van der Waals surface area contributed by atoms with Crippen LogP contribution in [0.15, 0.2) is 11.3 Å². The molecule has 0 fully saturated rings. The highest BCUT2D eigenvalue weighted by Gasteiger charge is 2.53. The molecule has 2 amide bonds. The second-order valence-corrected chi connectivity index (χ2v) is 3.84. The number of hydrazone groups is 1. The van der Waals surface area contributed by atoms with Crippen LogP contribution in [0.3, 0.4) is 0 Å². The van der Waals surface area contributed by atoms with Gasteiger partial charge in [-0.2, -0.15) is 0 Å². The number of hydrogen-bond acceptors (Lipinski definition) is 2. The average Bonchev–Trinajstić information content (AvgIpc) is 2.51. The first-order chi connectivity index (χ1) is 6.46. The summed E-state index contributed by atoms with van der Waals surface area (Å²) in [5, 5.41) is 1.24. The third-order valence-electron chi connectivity index (χ3n) is 3.11. The third-order valence-corrected chi connectivity index (χ3v) is 3.11. The number of hydrazine groups is 1. The zero-order chi connectivity index (χ0) is 10.6. The van der Waals surface area contributed by atoms with Gasteiger partial charge in [-0.25, -0.2) is 0 Å². The summed E-state index contributed by atoms with van der Waals surface area (Å²) >= 11 is 0. The van der Waals surface area contributed by atoms with Gasteiger partial charge in [0.05, 0.1) is 5.57 Å². The Balaban J connectivity index is 2.64. The van der Waals surface area contributed by atoms with E-state index in [-0.39, 0.29) is 17.7 Å². The molecule has 0 aromatic rings. The lowest BCUT2D eigenvalue weighted by Crippen LogP contribution is -2.35. The van der Waals surface area contributed by atoms with Gasteiger partial charge in [-0.3, -0.25) is 9.59 Å². The number of carbonyl (C=O) groups excluding carboxylic acids is 2. The molecular formula is C10H13N2O2+. The van der Waals surface area contributed by atoms with E-state index in [2.05, 4.69) is 0 Å². The average molecular weight is 193 g/mol. The highest BCUT2D eigenvalue weighted by atomic mass is 16.2. The van der Waals surface area contributed by atoms with Crippen molar-refractivity contribution in [3.63, 3.8) is 0 Å². The highest BCUT2D eigenvalue weighted by Crippen LogP contribution is 2.27. The Kier molecular flexibility index (Phi) is 1.65. The number of imide groups is 1. The molecule has 2 rings (SSSR count). The second kappa shape index (κ2) is 2.53. The van der Waals surface area contributed by atoms with Gasteiger partial charge in [0, 0.05) is 13.8 Å². The van der Waals surface area contributed by atoms with Gasteiger partial charge in [-0.15, -0.1) is 0 Å². The first-order valence-corrected chi connectivity index (χ1v) is 4.66. The van der Waals surface area contributed by atoms with Crippen molar-refractivity contribution >= 4 is 17.5 Å². The zero-order valence-electron chi connectivity index (χ0n) is 8.79. The number of allylic oxidation sites excluding steroid dienone is 1. The Morgan fingerprint density at radius 2 is 1.79 bits per heavy atom. The number of rotatable bonds is 0. The summed E-state index contributed by atoms with van der Waals surface area (Å²) < 4.78 is 1.73. The first-order valence-electron chi connectivity index (χ1n) is 4.66. The van der Waals surface area contributed by atoms with Crippen LogP contribution in [0, 0.1) is 5.92 Å². The van der Waals surface area contributed by atoms with E-state index in [9.17, 15) is 9.59 Å². The molecule has 2 heterocycles. The summed E-state index contributed by atoms with van der Waals surface area (Å²) in [7, 11) is 0. The van der Waals surface area contributed by atoms with Gasteiger partial charge in [0.1, 0.15) is 5.92 Å². The molecular weight excluding hydrogens is 180 g/mol. The predicted octanol–water partition coefficient (Wildman–Crippen LogP) is 0.687. The quantitative estimate of drug-likeness (QED) is 0.419. The molecule has 0 saturated carbocycles. The monoisotopic (exact) mass is 193 g/mol. The highest BCUT2D eigenvalue weighted by molar-refractivity contribution is 6.13. The summed E-state index contributed by atoms with van der Waals surface area (Å²) in [4.78, 5) is 23.4. The summed E-state index contributed by atoms with van der Waals surface area (Å²) in [6, 6.07) is 0. The number of carbonyl (C=O) groups is 2. The van der Waals surface area contributed by atoms with E-state index in [1.165, 1.54) is 5.01 Å². The smallest absolute Gasteiger partial charge is 0.267 e. The fourth-order valence-electron chi connectivity index (χ4n) is 1.88. The molecule has 1 unspecified atom stereocenters. The molecule has 0 aromatic carbocycles. The largest absolute Gasteiger partial charge is 0.320 e. The Bertz CT molecular complexity index is 418. The van der Waals surface area contributed by atoms with Crippen LogP contribution in [0.2, 0.25) is 0 Å². The van der Waals surface area contributed by atoms with Gasteiger partial charge in [-0.05, 0) is 18.9 Å². The van der Waals surface area contributed by atoms with Crippen molar-refractivity contribution in [3.8, 4) is 0 Å². The maximum Gasteiger partial charge on any atom is 0.320 e. The van der Waals surface area contributed by atoms with Crippen LogP contribution in [-0.4, -0.2) is 27.2 Å². The molecule has 0 bridgehead atoms. The maximum absolute atomic E-state index is 11.7. The fourth-order valence-corrected chi connectivity index (χ4v) is 1.88. The van der Waals surface area contributed by atoms with Crippen molar-refractivity contribution in [3.05, 3.63) is 11.3 Å². The molecule has 0 saturated heterocycles. The summed E-state index contributed by atoms with van der Waals surface area (Å²) in [6.45, 7) is 7.33. The standard InChI is InChI=1S/C10H13N2O2/c1-5-7(3)11-8(4)6(2)10(14)12(11)9(5)13/h5H,1-4H3/q+1.